The SMILES string of the molecule is O=C(/C=C/c1ccccc1)N1CC[C@]2(c3cccc(O)c3)CCC[C@H]1C2. The Hall–Kier alpha value is -2.55. The van der Waals surface area contributed by atoms with Crippen molar-refractivity contribution in [3.05, 3.63) is 71.8 Å². The van der Waals surface area contributed by atoms with Crippen molar-refractivity contribution in [1.29, 1.82) is 0 Å². The molecule has 0 unspecified atom stereocenters. The molecule has 1 saturated carbocycles. The highest BCUT2D eigenvalue weighted by atomic mass is 16.3. The number of piperidine rings is 1. The number of nitrogens with zero attached hydrogens (tertiary/aromatic N) is 1. The third kappa shape index (κ3) is 3.26. The van der Waals surface area contributed by atoms with Crippen LogP contribution in [0, 0.1) is 0 Å². The van der Waals surface area contributed by atoms with E-state index < -0.39 is 0 Å². The summed E-state index contributed by atoms with van der Waals surface area (Å²) in [6.07, 6.45) is 8.94. The Bertz CT molecular complexity index is 814. The third-order valence-corrected chi connectivity index (χ3v) is 6.05. The summed E-state index contributed by atoms with van der Waals surface area (Å²) < 4.78 is 0. The molecule has 2 atom stereocenters. The summed E-state index contributed by atoms with van der Waals surface area (Å²) in [7, 11) is 0. The average Bonchev–Trinajstić information content (AvgIpc) is 2.67. The van der Waals surface area contributed by atoms with Crippen LogP contribution in [-0.2, 0) is 10.2 Å². The van der Waals surface area contributed by atoms with Crippen molar-refractivity contribution in [2.24, 2.45) is 0 Å². The van der Waals surface area contributed by atoms with E-state index in [1.165, 1.54) is 5.56 Å². The molecule has 1 amide bonds. The smallest absolute Gasteiger partial charge is 0.246 e. The summed E-state index contributed by atoms with van der Waals surface area (Å²) in [6, 6.07) is 18.0. The predicted molar refractivity (Wildman–Crippen MR) is 104 cm³/mol. The van der Waals surface area contributed by atoms with E-state index in [0.717, 1.165) is 44.2 Å². The van der Waals surface area contributed by atoms with Crippen molar-refractivity contribution < 1.29 is 9.90 Å². The van der Waals surface area contributed by atoms with Crippen molar-refractivity contribution in [3.8, 4) is 5.75 Å². The minimum absolute atomic E-state index is 0.113. The Kier molecular flexibility index (Phi) is 4.54. The van der Waals surface area contributed by atoms with Crippen molar-refractivity contribution >= 4 is 12.0 Å². The molecule has 2 aromatic carbocycles. The molecule has 134 valence electrons. The lowest BCUT2D eigenvalue weighted by Crippen LogP contribution is -2.53. The minimum Gasteiger partial charge on any atom is -0.508 e. The summed E-state index contributed by atoms with van der Waals surface area (Å²) >= 11 is 0. The van der Waals surface area contributed by atoms with Crippen LogP contribution in [0.1, 0.15) is 43.2 Å². The van der Waals surface area contributed by atoms with Crippen molar-refractivity contribution in [2.75, 3.05) is 6.54 Å². The maximum atomic E-state index is 12.8. The number of amides is 1. The topological polar surface area (TPSA) is 40.5 Å². The number of hydrogen-bond acceptors (Lipinski definition) is 2. The van der Waals surface area contributed by atoms with E-state index >= 15 is 0 Å². The number of rotatable bonds is 3. The van der Waals surface area contributed by atoms with Crippen LogP contribution in [0.4, 0.5) is 0 Å². The fourth-order valence-corrected chi connectivity index (χ4v) is 4.70. The normalized spacial score (nSPS) is 25.4. The highest BCUT2D eigenvalue weighted by molar-refractivity contribution is 5.92. The first-order valence-electron chi connectivity index (χ1n) is 9.50. The molecule has 1 aliphatic carbocycles. The zero-order valence-electron chi connectivity index (χ0n) is 15.0. The van der Waals surface area contributed by atoms with Crippen LogP contribution >= 0.6 is 0 Å². The van der Waals surface area contributed by atoms with Gasteiger partial charge in [0.1, 0.15) is 5.75 Å². The van der Waals surface area contributed by atoms with Gasteiger partial charge in [-0.25, -0.2) is 0 Å². The second-order valence-corrected chi connectivity index (χ2v) is 7.61. The quantitative estimate of drug-likeness (QED) is 0.830. The summed E-state index contributed by atoms with van der Waals surface area (Å²) in [5.41, 5.74) is 2.39. The molecule has 3 nitrogen and oxygen atoms in total. The average molecular weight is 347 g/mol. The van der Waals surface area contributed by atoms with Gasteiger partial charge in [0, 0.05) is 18.7 Å². The lowest BCUT2D eigenvalue weighted by Gasteiger charge is -2.50. The number of fused-ring (bicyclic) bond motifs is 2. The lowest BCUT2D eigenvalue weighted by molar-refractivity contribution is -0.131. The van der Waals surface area contributed by atoms with Crippen LogP contribution in [0.25, 0.3) is 6.08 Å². The maximum Gasteiger partial charge on any atom is 0.246 e. The Morgan fingerprint density at radius 3 is 2.77 bits per heavy atom. The highest BCUT2D eigenvalue weighted by Crippen LogP contribution is 2.47. The number of carbonyl (C=O) groups excluding carboxylic acids is 1. The van der Waals surface area contributed by atoms with Gasteiger partial charge in [0.05, 0.1) is 0 Å². The first kappa shape index (κ1) is 16.9. The Morgan fingerprint density at radius 2 is 1.96 bits per heavy atom. The van der Waals surface area contributed by atoms with E-state index in [1.54, 1.807) is 12.1 Å². The Balaban J connectivity index is 1.50. The van der Waals surface area contributed by atoms with Gasteiger partial charge in [-0.05, 0) is 60.4 Å². The van der Waals surface area contributed by atoms with Gasteiger partial charge in [0.15, 0.2) is 0 Å². The van der Waals surface area contributed by atoms with Crippen molar-refractivity contribution in [3.63, 3.8) is 0 Å². The monoisotopic (exact) mass is 347 g/mol. The fourth-order valence-electron chi connectivity index (χ4n) is 4.70. The highest BCUT2D eigenvalue weighted by Gasteiger charge is 2.44. The summed E-state index contributed by atoms with van der Waals surface area (Å²) in [5, 5.41) is 9.88. The molecular weight excluding hydrogens is 322 g/mol. The van der Waals surface area contributed by atoms with Gasteiger partial charge in [-0.2, -0.15) is 0 Å². The first-order valence-corrected chi connectivity index (χ1v) is 9.50. The predicted octanol–water partition coefficient (Wildman–Crippen LogP) is 4.52. The maximum absolute atomic E-state index is 12.8. The van der Waals surface area contributed by atoms with Gasteiger partial charge in [-0.3, -0.25) is 4.79 Å². The third-order valence-electron chi connectivity index (χ3n) is 6.05. The number of carbonyl (C=O) groups is 1. The molecule has 1 aliphatic heterocycles. The van der Waals surface area contributed by atoms with Gasteiger partial charge >= 0.3 is 0 Å². The second-order valence-electron chi connectivity index (χ2n) is 7.61. The van der Waals surface area contributed by atoms with E-state index in [0.29, 0.717) is 11.8 Å². The molecule has 0 spiro atoms. The Morgan fingerprint density at radius 1 is 1.12 bits per heavy atom. The van der Waals surface area contributed by atoms with Gasteiger partial charge in [0.2, 0.25) is 5.91 Å². The molecule has 1 saturated heterocycles. The van der Waals surface area contributed by atoms with Crippen LogP contribution in [0.3, 0.4) is 0 Å². The van der Waals surface area contributed by atoms with Crippen LogP contribution < -0.4 is 0 Å². The van der Waals surface area contributed by atoms with Crippen LogP contribution in [-0.4, -0.2) is 28.5 Å². The number of likely N-dealkylation sites (tertiary alicyclic amines) is 1. The van der Waals surface area contributed by atoms with E-state index in [2.05, 4.69) is 11.0 Å². The first-order chi connectivity index (χ1) is 12.7. The number of aromatic hydroxyl groups is 1. The van der Waals surface area contributed by atoms with Gasteiger partial charge in [-0.15, -0.1) is 0 Å². The van der Waals surface area contributed by atoms with Gasteiger partial charge in [-0.1, -0.05) is 48.9 Å². The zero-order chi connectivity index (χ0) is 18.0. The summed E-state index contributed by atoms with van der Waals surface area (Å²) in [6.45, 7) is 0.790. The molecule has 2 bridgehead atoms. The molecule has 26 heavy (non-hydrogen) atoms. The Labute approximate surface area is 155 Å². The van der Waals surface area contributed by atoms with Gasteiger partial charge < -0.3 is 10.0 Å². The van der Waals surface area contributed by atoms with E-state index in [4.69, 9.17) is 0 Å². The summed E-state index contributed by atoms with van der Waals surface area (Å²) in [4.78, 5) is 14.8. The van der Waals surface area contributed by atoms with Crippen LogP contribution in [0.15, 0.2) is 60.7 Å². The molecule has 1 N–H and O–H groups in total. The minimum atomic E-state index is 0.113. The van der Waals surface area contributed by atoms with Crippen molar-refractivity contribution in [1.82, 2.24) is 4.90 Å². The van der Waals surface area contributed by atoms with Crippen LogP contribution in [0.5, 0.6) is 5.75 Å². The van der Waals surface area contributed by atoms with E-state index in [1.807, 2.05) is 48.5 Å². The largest absolute Gasteiger partial charge is 0.508 e. The van der Waals surface area contributed by atoms with Crippen molar-refractivity contribution in [2.45, 2.75) is 43.6 Å². The second kappa shape index (κ2) is 6.99. The van der Waals surface area contributed by atoms with Gasteiger partial charge in [0.25, 0.3) is 0 Å². The standard InChI is InChI=1S/C23H25NO2/c25-21-10-4-8-19(16-21)23-13-5-9-20(17-23)24(15-14-23)22(26)12-11-18-6-2-1-3-7-18/h1-4,6-8,10-12,16,20,25H,5,9,13-15,17H2/b12-11+/t20-,23+/m0/s1. The molecule has 0 aromatic heterocycles. The van der Waals surface area contributed by atoms with Crippen LogP contribution in [0.2, 0.25) is 0 Å². The number of phenols is 1. The summed E-state index contributed by atoms with van der Waals surface area (Å²) in [5.74, 6) is 0.452. The molecule has 0 radical (unpaired) electrons. The molecule has 2 fully saturated rings. The molecule has 4 rings (SSSR count). The fraction of sp³-hybridized carbons (Fsp3) is 0.348. The van der Waals surface area contributed by atoms with E-state index in [-0.39, 0.29) is 11.3 Å². The number of hydrogen-bond donors (Lipinski definition) is 1. The van der Waals surface area contributed by atoms with E-state index in [9.17, 15) is 9.90 Å². The molecular formula is C23H25NO2. The molecule has 2 aromatic rings. The zero-order valence-corrected chi connectivity index (χ0v) is 15.0. The molecule has 2 aliphatic rings. The number of phenolic OH excluding ortho intramolecular Hbond substituents is 1. The molecule has 3 heteroatoms. The molecule has 1 heterocycles. The lowest BCUT2D eigenvalue weighted by atomic mass is 9.63. The number of benzene rings is 2.